The van der Waals surface area contributed by atoms with Gasteiger partial charge < -0.3 is 5.73 Å². The van der Waals surface area contributed by atoms with Gasteiger partial charge in [0.1, 0.15) is 0 Å². The average Bonchev–Trinajstić information content (AvgIpc) is 2.55. The molecule has 2 N–H and O–H groups in total. The standard InChI is InChI=1S/C18H13ClN2O/c19-15-10-16(12-6-8-14(9-7-12)18(20)22)17(21-11-15)13-4-2-1-3-5-13/h1-11H,(H2,20,22). The van der Waals surface area contributed by atoms with Gasteiger partial charge in [0.2, 0.25) is 5.91 Å². The van der Waals surface area contributed by atoms with Gasteiger partial charge in [-0.3, -0.25) is 9.78 Å². The second-order valence-corrected chi connectivity index (χ2v) is 5.29. The van der Waals surface area contributed by atoms with E-state index in [2.05, 4.69) is 4.98 Å². The molecule has 0 bridgehead atoms. The number of aromatic nitrogens is 1. The minimum atomic E-state index is -0.445. The molecule has 0 spiro atoms. The van der Waals surface area contributed by atoms with Crippen molar-refractivity contribution in [3.63, 3.8) is 0 Å². The van der Waals surface area contributed by atoms with Crippen molar-refractivity contribution in [3.8, 4) is 22.4 Å². The van der Waals surface area contributed by atoms with Crippen molar-refractivity contribution in [2.75, 3.05) is 0 Å². The van der Waals surface area contributed by atoms with Crippen molar-refractivity contribution >= 4 is 17.5 Å². The predicted molar refractivity (Wildman–Crippen MR) is 88.6 cm³/mol. The van der Waals surface area contributed by atoms with Crippen LogP contribution in [0.5, 0.6) is 0 Å². The van der Waals surface area contributed by atoms with Crippen LogP contribution in [0.4, 0.5) is 0 Å². The molecule has 3 aromatic rings. The van der Waals surface area contributed by atoms with E-state index in [1.54, 1.807) is 18.3 Å². The van der Waals surface area contributed by atoms with Crippen LogP contribution in [0, 0.1) is 0 Å². The minimum absolute atomic E-state index is 0.445. The first-order chi connectivity index (χ1) is 10.6. The number of nitrogens with two attached hydrogens (primary N) is 1. The zero-order chi connectivity index (χ0) is 15.5. The van der Waals surface area contributed by atoms with E-state index in [1.165, 1.54) is 0 Å². The first-order valence-corrected chi connectivity index (χ1v) is 7.14. The minimum Gasteiger partial charge on any atom is -0.366 e. The van der Waals surface area contributed by atoms with Crippen molar-refractivity contribution in [1.82, 2.24) is 4.98 Å². The second kappa shape index (κ2) is 6.00. The van der Waals surface area contributed by atoms with Crippen molar-refractivity contribution in [2.24, 2.45) is 5.73 Å². The SMILES string of the molecule is NC(=O)c1ccc(-c2cc(Cl)cnc2-c2ccccc2)cc1. The first kappa shape index (κ1) is 14.3. The zero-order valence-electron chi connectivity index (χ0n) is 11.7. The number of rotatable bonds is 3. The van der Waals surface area contributed by atoms with E-state index >= 15 is 0 Å². The van der Waals surface area contributed by atoms with Crippen LogP contribution in [-0.2, 0) is 0 Å². The average molecular weight is 309 g/mol. The highest BCUT2D eigenvalue weighted by Crippen LogP contribution is 2.32. The fourth-order valence-electron chi connectivity index (χ4n) is 2.30. The molecular formula is C18H13ClN2O. The molecule has 4 heteroatoms. The maximum Gasteiger partial charge on any atom is 0.248 e. The lowest BCUT2D eigenvalue weighted by atomic mass is 9.98. The van der Waals surface area contributed by atoms with E-state index in [-0.39, 0.29) is 0 Å². The van der Waals surface area contributed by atoms with Crippen LogP contribution in [0.2, 0.25) is 5.02 Å². The van der Waals surface area contributed by atoms with Gasteiger partial charge in [-0.15, -0.1) is 0 Å². The maximum absolute atomic E-state index is 11.2. The summed E-state index contributed by atoms with van der Waals surface area (Å²) in [4.78, 5) is 15.6. The van der Waals surface area contributed by atoms with Crippen LogP contribution < -0.4 is 5.73 Å². The molecule has 0 fully saturated rings. The van der Waals surface area contributed by atoms with Gasteiger partial charge in [-0.05, 0) is 23.8 Å². The Morgan fingerprint density at radius 2 is 1.64 bits per heavy atom. The van der Waals surface area contributed by atoms with E-state index in [4.69, 9.17) is 17.3 Å². The molecule has 0 unspecified atom stereocenters. The fourth-order valence-corrected chi connectivity index (χ4v) is 2.46. The summed E-state index contributed by atoms with van der Waals surface area (Å²) in [6.45, 7) is 0. The summed E-state index contributed by atoms with van der Waals surface area (Å²) < 4.78 is 0. The molecule has 0 saturated heterocycles. The van der Waals surface area contributed by atoms with Gasteiger partial charge >= 0.3 is 0 Å². The number of primary amides is 1. The maximum atomic E-state index is 11.2. The van der Waals surface area contributed by atoms with Crippen LogP contribution in [0.1, 0.15) is 10.4 Å². The van der Waals surface area contributed by atoms with Crippen LogP contribution >= 0.6 is 11.6 Å². The monoisotopic (exact) mass is 308 g/mol. The first-order valence-electron chi connectivity index (χ1n) is 6.76. The summed E-state index contributed by atoms with van der Waals surface area (Å²) >= 11 is 6.10. The smallest absolute Gasteiger partial charge is 0.248 e. The Morgan fingerprint density at radius 3 is 2.27 bits per heavy atom. The van der Waals surface area contributed by atoms with Gasteiger partial charge in [-0.2, -0.15) is 0 Å². The van der Waals surface area contributed by atoms with Gasteiger partial charge in [0, 0.05) is 22.9 Å². The van der Waals surface area contributed by atoms with Gasteiger partial charge in [-0.1, -0.05) is 54.1 Å². The van der Waals surface area contributed by atoms with Crippen molar-refractivity contribution in [2.45, 2.75) is 0 Å². The molecule has 2 aromatic carbocycles. The Kier molecular flexibility index (Phi) is 3.90. The molecular weight excluding hydrogens is 296 g/mol. The third-order valence-electron chi connectivity index (χ3n) is 3.38. The number of carbonyl (C=O) groups excluding carboxylic acids is 1. The Hall–Kier alpha value is -2.65. The summed E-state index contributed by atoms with van der Waals surface area (Å²) in [6.07, 6.45) is 1.63. The van der Waals surface area contributed by atoms with Crippen LogP contribution in [-0.4, -0.2) is 10.9 Å². The van der Waals surface area contributed by atoms with E-state index < -0.39 is 5.91 Å². The molecule has 3 nitrogen and oxygen atoms in total. The van der Waals surface area contributed by atoms with E-state index in [1.807, 2.05) is 48.5 Å². The predicted octanol–water partition coefficient (Wildman–Crippen LogP) is 4.17. The molecule has 0 radical (unpaired) electrons. The van der Waals surface area contributed by atoms with Crippen LogP contribution in [0.15, 0.2) is 66.9 Å². The van der Waals surface area contributed by atoms with Gasteiger partial charge in [-0.25, -0.2) is 0 Å². The molecule has 1 aromatic heterocycles. The largest absolute Gasteiger partial charge is 0.366 e. The second-order valence-electron chi connectivity index (χ2n) is 4.86. The third-order valence-corrected chi connectivity index (χ3v) is 3.59. The van der Waals surface area contributed by atoms with Crippen molar-refractivity contribution in [3.05, 3.63) is 77.4 Å². The normalized spacial score (nSPS) is 10.4. The molecule has 0 saturated carbocycles. The lowest BCUT2D eigenvalue weighted by molar-refractivity contribution is 0.100. The number of hydrogen-bond acceptors (Lipinski definition) is 2. The Labute approximate surface area is 133 Å². The van der Waals surface area contributed by atoms with E-state index in [0.29, 0.717) is 10.6 Å². The highest BCUT2D eigenvalue weighted by Gasteiger charge is 2.10. The van der Waals surface area contributed by atoms with Crippen LogP contribution in [0.25, 0.3) is 22.4 Å². The van der Waals surface area contributed by atoms with E-state index in [0.717, 1.165) is 22.4 Å². The lowest BCUT2D eigenvalue weighted by Crippen LogP contribution is -2.10. The molecule has 0 atom stereocenters. The van der Waals surface area contributed by atoms with Crippen LogP contribution in [0.3, 0.4) is 0 Å². The fraction of sp³-hybridized carbons (Fsp3) is 0. The number of carbonyl (C=O) groups is 1. The molecule has 1 heterocycles. The number of halogens is 1. The number of hydrogen-bond donors (Lipinski definition) is 1. The molecule has 108 valence electrons. The molecule has 0 aliphatic rings. The zero-order valence-corrected chi connectivity index (χ0v) is 12.4. The van der Waals surface area contributed by atoms with Gasteiger partial charge in [0.25, 0.3) is 0 Å². The summed E-state index contributed by atoms with van der Waals surface area (Å²) in [5.41, 5.74) is 9.44. The topological polar surface area (TPSA) is 56.0 Å². The third kappa shape index (κ3) is 2.85. The molecule has 1 amide bonds. The Balaban J connectivity index is 2.13. The Morgan fingerprint density at radius 1 is 0.955 bits per heavy atom. The van der Waals surface area contributed by atoms with Gasteiger partial charge in [0.15, 0.2) is 0 Å². The number of amides is 1. The summed E-state index contributed by atoms with van der Waals surface area (Å²) in [6, 6.07) is 18.9. The number of nitrogens with zero attached hydrogens (tertiary/aromatic N) is 1. The molecule has 0 aliphatic carbocycles. The van der Waals surface area contributed by atoms with Crippen molar-refractivity contribution < 1.29 is 4.79 Å². The highest BCUT2D eigenvalue weighted by atomic mass is 35.5. The Bertz CT molecular complexity index is 814. The lowest BCUT2D eigenvalue weighted by Gasteiger charge is -2.10. The molecule has 22 heavy (non-hydrogen) atoms. The van der Waals surface area contributed by atoms with E-state index in [9.17, 15) is 4.79 Å². The molecule has 0 aliphatic heterocycles. The van der Waals surface area contributed by atoms with Gasteiger partial charge in [0.05, 0.1) is 10.7 Å². The van der Waals surface area contributed by atoms with Crippen molar-refractivity contribution in [1.29, 1.82) is 0 Å². The highest BCUT2D eigenvalue weighted by molar-refractivity contribution is 6.30. The number of benzene rings is 2. The quantitative estimate of drug-likeness (QED) is 0.789. The summed E-state index contributed by atoms with van der Waals surface area (Å²) in [5, 5.41) is 0.564. The molecule has 3 rings (SSSR count). The summed E-state index contributed by atoms with van der Waals surface area (Å²) in [5.74, 6) is -0.445. The summed E-state index contributed by atoms with van der Waals surface area (Å²) in [7, 11) is 0. The number of pyridine rings is 1.